The maximum Gasteiger partial charge on any atom is 0.0334 e. The number of benzene rings is 1. The van der Waals surface area contributed by atoms with Crippen LogP contribution in [0.15, 0.2) is 30.3 Å². The van der Waals surface area contributed by atoms with Crippen LogP contribution in [0.4, 0.5) is 0 Å². The molecular weight excluding hydrogens is 232 g/mol. The highest BCUT2D eigenvalue weighted by atomic mass is 15.2. The number of likely N-dealkylation sites (N-methyl/N-ethyl adjacent to an activating group) is 1. The first-order chi connectivity index (χ1) is 9.20. The minimum atomic E-state index is 0.217. The third kappa shape index (κ3) is 3.37. The predicted molar refractivity (Wildman–Crippen MR) is 81.9 cm³/mol. The van der Waals surface area contributed by atoms with E-state index < -0.39 is 0 Å². The Bertz CT molecular complexity index is 376. The number of hydrogen-bond acceptors (Lipinski definition) is 2. The lowest BCUT2D eigenvalue weighted by Crippen LogP contribution is -2.54. The molecule has 0 heterocycles. The molecule has 0 amide bonds. The molecule has 0 aromatic heterocycles. The number of rotatable bonds is 5. The van der Waals surface area contributed by atoms with Crippen molar-refractivity contribution in [3.8, 4) is 0 Å². The van der Waals surface area contributed by atoms with Gasteiger partial charge in [-0.15, -0.1) is 0 Å². The second-order valence-electron chi connectivity index (χ2n) is 6.14. The fraction of sp³-hybridized carbons (Fsp3) is 0.647. The zero-order valence-electron chi connectivity index (χ0n) is 12.4. The molecule has 2 atom stereocenters. The first-order valence-corrected chi connectivity index (χ1v) is 7.65. The normalized spacial score (nSPS) is 27.7. The summed E-state index contributed by atoms with van der Waals surface area (Å²) in [5, 5.41) is 0. The Labute approximate surface area is 118 Å². The molecule has 2 N–H and O–H groups in total. The van der Waals surface area contributed by atoms with Gasteiger partial charge in [0.1, 0.15) is 0 Å². The largest absolute Gasteiger partial charge is 0.329 e. The Morgan fingerprint density at radius 1 is 1.32 bits per heavy atom. The van der Waals surface area contributed by atoms with Crippen LogP contribution < -0.4 is 5.73 Å². The molecule has 1 aliphatic rings. The van der Waals surface area contributed by atoms with E-state index >= 15 is 0 Å². The minimum Gasteiger partial charge on any atom is -0.329 e. The van der Waals surface area contributed by atoms with E-state index in [0.717, 1.165) is 19.0 Å². The lowest BCUT2D eigenvalue weighted by Gasteiger charge is -2.46. The zero-order chi connectivity index (χ0) is 13.7. The van der Waals surface area contributed by atoms with Gasteiger partial charge in [0.2, 0.25) is 0 Å². The van der Waals surface area contributed by atoms with Crippen LogP contribution in [-0.4, -0.2) is 24.0 Å². The van der Waals surface area contributed by atoms with Crippen molar-refractivity contribution in [3.05, 3.63) is 35.9 Å². The lowest BCUT2D eigenvalue weighted by molar-refractivity contribution is 0.0504. The quantitative estimate of drug-likeness (QED) is 0.879. The monoisotopic (exact) mass is 260 g/mol. The van der Waals surface area contributed by atoms with E-state index in [4.69, 9.17) is 5.73 Å². The molecule has 19 heavy (non-hydrogen) atoms. The molecule has 1 fully saturated rings. The molecule has 0 radical (unpaired) electrons. The Morgan fingerprint density at radius 3 is 2.68 bits per heavy atom. The topological polar surface area (TPSA) is 29.3 Å². The summed E-state index contributed by atoms with van der Waals surface area (Å²) >= 11 is 0. The van der Waals surface area contributed by atoms with Crippen LogP contribution in [0.3, 0.4) is 0 Å². The van der Waals surface area contributed by atoms with E-state index in [0.29, 0.717) is 0 Å². The highest BCUT2D eigenvalue weighted by molar-refractivity contribution is 5.15. The molecular formula is C17H28N2. The maximum atomic E-state index is 6.17. The van der Waals surface area contributed by atoms with E-state index in [1.165, 1.54) is 37.7 Å². The highest BCUT2D eigenvalue weighted by Gasteiger charge is 2.37. The molecule has 0 saturated heterocycles. The average molecular weight is 260 g/mol. The Hall–Kier alpha value is -0.860. The van der Waals surface area contributed by atoms with Gasteiger partial charge < -0.3 is 5.73 Å². The van der Waals surface area contributed by atoms with Crippen molar-refractivity contribution >= 4 is 0 Å². The molecule has 1 aromatic carbocycles. The minimum absolute atomic E-state index is 0.217. The first kappa shape index (κ1) is 14.5. The number of nitrogens with zero attached hydrogens (tertiary/aromatic N) is 1. The first-order valence-electron chi connectivity index (χ1n) is 7.65. The molecule has 1 aromatic rings. The maximum absolute atomic E-state index is 6.17. The second kappa shape index (κ2) is 6.53. The molecule has 2 heteroatoms. The fourth-order valence-corrected chi connectivity index (χ4v) is 3.52. The summed E-state index contributed by atoms with van der Waals surface area (Å²) in [5.41, 5.74) is 7.77. The predicted octanol–water partition coefficient (Wildman–Crippen LogP) is 3.42. The Balaban J connectivity index is 2.07. The van der Waals surface area contributed by atoms with Crippen molar-refractivity contribution in [2.45, 2.75) is 51.1 Å². The third-order valence-corrected chi connectivity index (χ3v) is 4.95. The van der Waals surface area contributed by atoms with E-state index in [-0.39, 0.29) is 5.54 Å². The summed E-state index contributed by atoms with van der Waals surface area (Å²) < 4.78 is 0. The van der Waals surface area contributed by atoms with Gasteiger partial charge in [-0.1, -0.05) is 56.5 Å². The summed E-state index contributed by atoms with van der Waals surface area (Å²) in [4.78, 5) is 2.50. The van der Waals surface area contributed by atoms with Gasteiger partial charge in [-0.05, 0) is 31.4 Å². The SMILES string of the molecule is CCC1CCCC(CN)(N(C)Cc2ccccc2)C1. The van der Waals surface area contributed by atoms with Crippen molar-refractivity contribution in [2.24, 2.45) is 11.7 Å². The van der Waals surface area contributed by atoms with Crippen molar-refractivity contribution in [1.82, 2.24) is 4.90 Å². The van der Waals surface area contributed by atoms with Gasteiger partial charge in [0.25, 0.3) is 0 Å². The molecule has 0 aliphatic heterocycles. The lowest BCUT2D eigenvalue weighted by atomic mass is 9.73. The van der Waals surface area contributed by atoms with Crippen LogP contribution in [0.25, 0.3) is 0 Å². The number of hydrogen-bond donors (Lipinski definition) is 1. The number of nitrogens with two attached hydrogens (primary N) is 1. The third-order valence-electron chi connectivity index (χ3n) is 4.95. The van der Waals surface area contributed by atoms with E-state index in [2.05, 4.69) is 49.2 Å². The van der Waals surface area contributed by atoms with Crippen molar-refractivity contribution in [1.29, 1.82) is 0 Å². The van der Waals surface area contributed by atoms with Crippen LogP contribution in [0.1, 0.15) is 44.6 Å². The van der Waals surface area contributed by atoms with Gasteiger partial charge in [-0.2, -0.15) is 0 Å². The Kier molecular flexibility index (Phi) is 5.00. The van der Waals surface area contributed by atoms with Crippen LogP contribution in [0, 0.1) is 5.92 Å². The zero-order valence-corrected chi connectivity index (χ0v) is 12.4. The standard InChI is InChI=1S/C17H28N2/c1-3-15-10-7-11-17(12-15,14-18)19(2)13-16-8-5-4-6-9-16/h4-6,8-9,15H,3,7,10-14,18H2,1-2H3. The van der Waals surface area contributed by atoms with Gasteiger partial charge in [0.15, 0.2) is 0 Å². The Morgan fingerprint density at radius 2 is 2.05 bits per heavy atom. The van der Waals surface area contributed by atoms with Gasteiger partial charge in [-0.25, -0.2) is 0 Å². The molecule has 1 saturated carbocycles. The van der Waals surface area contributed by atoms with Crippen LogP contribution in [-0.2, 0) is 6.54 Å². The van der Waals surface area contributed by atoms with Gasteiger partial charge in [-0.3, -0.25) is 4.90 Å². The summed E-state index contributed by atoms with van der Waals surface area (Å²) in [5.74, 6) is 0.857. The fourth-order valence-electron chi connectivity index (χ4n) is 3.52. The molecule has 0 spiro atoms. The highest BCUT2D eigenvalue weighted by Crippen LogP contribution is 2.37. The van der Waals surface area contributed by atoms with Gasteiger partial charge in [0, 0.05) is 18.6 Å². The van der Waals surface area contributed by atoms with E-state index in [9.17, 15) is 0 Å². The van der Waals surface area contributed by atoms with E-state index in [1.807, 2.05) is 0 Å². The van der Waals surface area contributed by atoms with Crippen LogP contribution >= 0.6 is 0 Å². The van der Waals surface area contributed by atoms with Gasteiger partial charge >= 0.3 is 0 Å². The summed E-state index contributed by atoms with van der Waals surface area (Å²) in [6.45, 7) is 4.11. The van der Waals surface area contributed by atoms with Crippen molar-refractivity contribution in [2.75, 3.05) is 13.6 Å². The summed E-state index contributed by atoms with van der Waals surface area (Å²) in [7, 11) is 2.25. The van der Waals surface area contributed by atoms with Crippen molar-refractivity contribution in [3.63, 3.8) is 0 Å². The van der Waals surface area contributed by atoms with Crippen molar-refractivity contribution < 1.29 is 0 Å². The van der Waals surface area contributed by atoms with Gasteiger partial charge in [0.05, 0.1) is 0 Å². The second-order valence-corrected chi connectivity index (χ2v) is 6.14. The van der Waals surface area contributed by atoms with Crippen LogP contribution in [0.2, 0.25) is 0 Å². The average Bonchev–Trinajstić information content (AvgIpc) is 2.48. The summed E-state index contributed by atoms with van der Waals surface area (Å²) in [6, 6.07) is 10.7. The molecule has 106 valence electrons. The molecule has 2 unspecified atom stereocenters. The molecule has 0 bridgehead atoms. The molecule has 2 rings (SSSR count). The molecule has 1 aliphatic carbocycles. The van der Waals surface area contributed by atoms with Crippen LogP contribution in [0.5, 0.6) is 0 Å². The smallest absolute Gasteiger partial charge is 0.0334 e. The van der Waals surface area contributed by atoms with E-state index in [1.54, 1.807) is 0 Å². The summed E-state index contributed by atoms with van der Waals surface area (Å²) in [6.07, 6.45) is 6.53. The molecule has 2 nitrogen and oxygen atoms in total.